The topological polar surface area (TPSA) is 109 Å². The van der Waals surface area contributed by atoms with E-state index in [0.717, 1.165) is 5.01 Å². The van der Waals surface area contributed by atoms with Crippen LogP contribution in [0.3, 0.4) is 0 Å². The highest BCUT2D eigenvalue weighted by molar-refractivity contribution is 6.02. The van der Waals surface area contributed by atoms with Crippen LogP contribution in [-0.2, 0) is 0 Å². The van der Waals surface area contributed by atoms with Crippen LogP contribution in [0.2, 0.25) is 0 Å². The van der Waals surface area contributed by atoms with Crippen molar-refractivity contribution in [2.45, 2.75) is 19.4 Å². The molecule has 0 bridgehead atoms. The van der Waals surface area contributed by atoms with Crippen LogP contribution >= 0.6 is 0 Å². The summed E-state index contributed by atoms with van der Waals surface area (Å²) in [4.78, 5) is 25.6. The summed E-state index contributed by atoms with van der Waals surface area (Å²) in [5, 5.41) is 25.0. The first-order chi connectivity index (χ1) is 11.9. The van der Waals surface area contributed by atoms with Gasteiger partial charge < -0.3 is 5.11 Å². The Morgan fingerprint density at radius 2 is 2.08 bits per heavy atom. The van der Waals surface area contributed by atoms with Crippen LogP contribution < -0.4 is 0 Å². The second-order valence-corrected chi connectivity index (χ2v) is 5.53. The fraction of sp³-hybridized carbons (Fsp3) is 0.188. The van der Waals surface area contributed by atoms with Gasteiger partial charge in [0.25, 0.3) is 5.69 Å². The number of amides is 1. The van der Waals surface area contributed by atoms with Crippen molar-refractivity contribution in [1.29, 1.82) is 0 Å². The molecule has 0 saturated heterocycles. The molecule has 1 amide bonds. The summed E-state index contributed by atoms with van der Waals surface area (Å²) >= 11 is 0. The first kappa shape index (κ1) is 16.5. The molecule has 2 aromatic rings. The van der Waals surface area contributed by atoms with Gasteiger partial charge in [-0.25, -0.2) is 9.18 Å². The van der Waals surface area contributed by atoms with Crippen LogP contribution in [0.25, 0.3) is 0 Å². The van der Waals surface area contributed by atoms with Crippen LogP contribution in [0.1, 0.15) is 29.3 Å². The van der Waals surface area contributed by atoms with Crippen LogP contribution in [-0.4, -0.2) is 31.8 Å². The third-order valence-corrected chi connectivity index (χ3v) is 3.95. The number of hydrogen-bond acceptors (Lipinski definition) is 5. The Morgan fingerprint density at radius 3 is 2.64 bits per heavy atom. The molecular weight excluding hydrogens is 331 g/mol. The van der Waals surface area contributed by atoms with Crippen molar-refractivity contribution in [3.63, 3.8) is 0 Å². The summed E-state index contributed by atoms with van der Waals surface area (Å²) in [6.45, 7) is 1.52. The van der Waals surface area contributed by atoms with E-state index in [2.05, 4.69) is 10.1 Å². The maximum Gasteiger partial charge on any atom is 0.428 e. The number of aromatic nitrogens is 1. The van der Waals surface area contributed by atoms with E-state index < -0.39 is 22.9 Å². The van der Waals surface area contributed by atoms with Gasteiger partial charge in [0.15, 0.2) is 0 Å². The van der Waals surface area contributed by atoms with E-state index in [-0.39, 0.29) is 17.8 Å². The Kier molecular flexibility index (Phi) is 4.14. The molecule has 9 heteroatoms. The number of carboxylic acid groups (broad SMARTS) is 1. The number of benzene rings is 1. The van der Waals surface area contributed by atoms with Gasteiger partial charge in [-0.05, 0) is 36.2 Å². The average Bonchev–Trinajstić information content (AvgIpc) is 3.03. The molecule has 0 fully saturated rings. The standard InChI is InChI=1S/C16H13FN4O4/c1-9-13(17)6-11(8-18-9)15-7-14(19-20(15)16(22)23)10-2-4-12(5-3-10)21(24)25/h2-6,8,15H,7H2,1H3,(H,22,23)/t15-/m0/s1. The molecule has 2 heterocycles. The molecule has 0 unspecified atom stereocenters. The summed E-state index contributed by atoms with van der Waals surface area (Å²) in [5.74, 6) is -0.522. The minimum Gasteiger partial charge on any atom is -0.464 e. The average molecular weight is 344 g/mol. The predicted molar refractivity (Wildman–Crippen MR) is 85.8 cm³/mol. The lowest BCUT2D eigenvalue weighted by molar-refractivity contribution is -0.384. The van der Waals surface area contributed by atoms with Crippen LogP contribution in [0.5, 0.6) is 0 Å². The van der Waals surface area contributed by atoms with Crippen molar-refractivity contribution in [3.05, 3.63) is 69.3 Å². The van der Waals surface area contributed by atoms with Gasteiger partial charge in [-0.2, -0.15) is 10.1 Å². The molecule has 0 aliphatic carbocycles. The smallest absolute Gasteiger partial charge is 0.428 e. The molecular formula is C16H13FN4O4. The molecule has 0 saturated carbocycles. The van der Waals surface area contributed by atoms with Gasteiger partial charge in [-0.15, -0.1) is 0 Å². The number of carbonyl (C=O) groups is 1. The molecule has 8 nitrogen and oxygen atoms in total. The number of rotatable bonds is 3. The van der Waals surface area contributed by atoms with Crippen molar-refractivity contribution in [1.82, 2.24) is 9.99 Å². The molecule has 1 atom stereocenters. The second kappa shape index (κ2) is 6.27. The van der Waals surface area contributed by atoms with E-state index in [0.29, 0.717) is 16.8 Å². The zero-order chi connectivity index (χ0) is 18.1. The summed E-state index contributed by atoms with van der Waals surface area (Å²) in [6, 6.07) is 6.20. The number of aryl methyl sites for hydroxylation is 1. The van der Waals surface area contributed by atoms with Gasteiger partial charge in [0.05, 0.1) is 22.4 Å². The van der Waals surface area contributed by atoms with E-state index >= 15 is 0 Å². The Bertz CT molecular complexity index is 882. The lowest BCUT2D eigenvalue weighted by Gasteiger charge is -2.18. The van der Waals surface area contributed by atoms with E-state index in [1.54, 1.807) is 0 Å². The van der Waals surface area contributed by atoms with E-state index in [1.807, 2.05) is 0 Å². The summed E-state index contributed by atoms with van der Waals surface area (Å²) in [5.41, 5.74) is 1.56. The fourth-order valence-corrected chi connectivity index (χ4v) is 2.60. The predicted octanol–water partition coefficient (Wildman–Crippen LogP) is 3.27. The summed E-state index contributed by atoms with van der Waals surface area (Å²) in [7, 11) is 0. The Balaban J connectivity index is 1.92. The van der Waals surface area contributed by atoms with E-state index in [4.69, 9.17) is 0 Å². The van der Waals surface area contributed by atoms with E-state index in [1.165, 1.54) is 43.5 Å². The van der Waals surface area contributed by atoms with Crippen LogP contribution in [0.15, 0.2) is 41.6 Å². The molecule has 1 N–H and O–H groups in total. The first-order valence-corrected chi connectivity index (χ1v) is 7.33. The molecule has 1 aliphatic heterocycles. The molecule has 128 valence electrons. The number of hydrazone groups is 1. The minimum atomic E-state index is -1.28. The molecule has 0 radical (unpaired) electrons. The normalized spacial score (nSPS) is 16.6. The molecule has 3 rings (SSSR count). The number of nitrogens with zero attached hydrogens (tertiary/aromatic N) is 4. The van der Waals surface area contributed by atoms with Gasteiger partial charge in [-0.1, -0.05) is 0 Å². The van der Waals surface area contributed by atoms with Gasteiger partial charge in [-0.3, -0.25) is 15.1 Å². The zero-order valence-electron chi connectivity index (χ0n) is 13.1. The Hall–Kier alpha value is -3.36. The van der Waals surface area contributed by atoms with Crippen molar-refractivity contribution in [2.24, 2.45) is 5.10 Å². The molecule has 1 aromatic heterocycles. The van der Waals surface area contributed by atoms with Gasteiger partial charge in [0, 0.05) is 24.8 Å². The van der Waals surface area contributed by atoms with Gasteiger partial charge in [0.1, 0.15) is 5.82 Å². The lowest BCUT2D eigenvalue weighted by Crippen LogP contribution is -2.25. The highest BCUT2D eigenvalue weighted by atomic mass is 19.1. The van der Waals surface area contributed by atoms with Gasteiger partial charge in [0.2, 0.25) is 0 Å². The molecule has 25 heavy (non-hydrogen) atoms. The number of non-ortho nitro benzene ring substituents is 1. The monoisotopic (exact) mass is 344 g/mol. The minimum absolute atomic E-state index is 0.0706. The number of nitro benzene ring substituents is 1. The quantitative estimate of drug-likeness (QED) is 0.679. The zero-order valence-corrected chi connectivity index (χ0v) is 13.1. The molecule has 1 aromatic carbocycles. The van der Waals surface area contributed by atoms with Crippen molar-refractivity contribution < 1.29 is 19.2 Å². The van der Waals surface area contributed by atoms with Crippen LogP contribution in [0.4, 0.5) is 14.9 Å². The van der Waals surface area contributed by atoms with Crippen LogP contribution in [0, 0.1) is 22.9 Å². The maximum absolute atomic E-state index is 13.8. The lowest BCUT2D eigenvalue weighted by atomic mass is 9.99. The third kappa shape index (κ3) is 3.16. The number of halogens is 1. The second-order valence-electron chi connectivity index (χ2n) is 5.53. The third-order valence-electron chi connectivity index (χ3n) is 3.95. The maximum atomic E-state index is 13.8. The van der Waals surface area contributed by atoms with Crippen molar-refractivity contribution in [3.8, 4) is 0 Å². The summed E-state index contributed by atoms with van der Waals surface area (Å²) < 4.78 is 13.8. The largest absolute Gasteiger partial charge is 0.464 e. The summed E-state index contributed by atoms with van der Waals surface area (Å²) in [6.07, 6.45) is 0.365. The number of nitro groups is 1. The highest BCUT2D eigenvalue weighted by Crippen LogP contribution is 2.33. The first-order valence-electron chi connectivity index (χ1n) is 7.33. The Labute approximate surface area is 141 Å². The number of hydrogen-bond donors (Lipinski definition) is 1. The van der Waals surface area contributed by atoms with Crippen molar-refractivity contribution in [2.75, 3.05) is 0 Å². The van der Waals surface area contributed by atoms with Gasteiger partial charge >= 0.3 is 6.09 Å². The highest BCUT2D eigenvalue weighted by Gasteiger charge is 2.33. The fourth-order valence-electron chi connectivity index (χ4n) is 2.60. The molecule has 1 aliphatic rings. The van der Waals surface area contributed by atoms with Crippen molar-refractivity contribution >= 4 is 17.5 Å². The number of pyridine rings is 1. The van der Waals surface area contributed by atoms with E-state index in [9.17, 15) is 24.4 Å². The Morgan fingerprint density at radius 1 is 1.40 bits per heavy atom. The SMILES string of the molecule is Cc1ncc([C@@H]2CC(c3ccc([N+](=O)[O-])cc3)=NN2C(=O)O)cc1F. The molecule has 0 spiro atoms.